The largest absolute Gasteiger partial charge is 0.489 e. The van der Waals surface area contributed by atoms with E-state index in [9.17, 15) is 13.2 Å². The molecule has 6 nitrogen and oxygen atoms in total. The highest BCUT2D eigenvalue weighted by molar-refractivity contribution is 7.94. The summed E-state index contributed by atoms with van der Waals surface area (Å²) < 4.78 is 33.1. The minimum Gasteiger partial charge on any atom is -0.489 e. The quantitative estimate of drug-likeness (QED) is 0.367. The molecule has 1 heterocycles. The first-order valence-corrected chi connectivity index (χ1v) is 12.1. The van der Waals surface area contributed by atoms with Crippen LogP contribution in [0.5, 0.6) is 5.75 Å². The molecule has 0 atom stereocenters. The van der Waals surface area contributed by atoms with E-state index >= 15 is 0 Å². The summed E-state index contributed by atoms with van der Waals surface area (Å²) in [5.74, 6) is 0.407. The van der Waals surface area contributed by atoms with Crippen LogP contribution in [0.2, 0.25) is 0 Å². The fraction of sp³-hybridized carbons (Fsp3) is 0.0417. The molecule has 0 radical (unpaired) electrons. The molecule has 3 aromatic carbocycles. The van der Waals surface area contributed by atoms with Gasteiger partial charge in [0.1, 0.15) is 16.6 Å². The number of amides is 1. The Labute approximate surface area is 190 Å². The van der Waals surface area contributed by atoms with Crippen molar-refractivity contribution in [2.24, 2.45) is 0 Å². The van der Waals surface area contributed by atoms with Crippen molar-refractivity contribution < 1.29 is 17.9 Å². The summed E-state index contributed by atoms with van der Waals surface area (Å²) in [6.45, 7) is 0.467. The molecule has 1 aromatic heterocycles. The number of carbonyl (C=O) groups excluding carboxylic acids is 1. The molecule has 0 aliphatic heterocycles. The molecular weight excluding hydrogens is 444 g/mol. The number of hydrogen-bond acceptors (Lipinski definition) is 5. The number of sulfonamides is 1. The van der Waals surface area contributed by atoms with Gasteiger partial charge in [-0.25, -0.2) is 8.42 Å². The third-order valence-corrected chi connectivity index (χ3v) is 7.30. The maximum Gasteiger partial charge on any atom is 0.271 e. The SMILES string of the molecule is O=C(Nc1ccc(OCc2ccccc2)cc1)c1ccc(NS(=O)(=O)c2cccs2)cc1. The van der Waals surface area contributed by atoms with Crippen molar-refractivity contribution in [3.8, 4) is 5.75 Å². The third-order valence-electron chi connectivity index (χ3n) is 4.52. The number of nitrogens with one attached hydrogen (secondary N) is 2. The topological polar surface area (TPSA) is 84.5 Å². The first-order valence-electron chi connectivity index (χ1n) is 9.74. The van der Waals surface area contributed by atoms with Crippen LogP contribution in [0.3, 0.4) is 0 Å². The van der Waals surface area contributed by atoms with Gasteiger partial charge in [-0.2, -0.15) is 0 Å². The van der Waals surface area contributed by atoms with Crippen LogP contribution in [0.15, 0.2) is 101 Å². The van der Waals surface area contributed by atoms with Crippen LogP contribution in [-0.4, -0.2) is 14.3 Å². The number of thiophene rings is 1. The maximum atomic E-state index is 12.5. The van der Waals surface area contributed by atoms with E-state index in [2.05, 4.69) is 10.0 Å². The molecule has 0 aliphatic rings. The fourth-order valence-corrected chi connectivity index (χ4v) is 4.94. The Hall–Kier alpha value is -3.62. The van der Waals surface area contributed by atoms with E-state index in [0.29, 0.717) is 29.3 Å². The van der Waals surface area contributed by atoms with Gasteiger partial charge in [-0.1, -0.05) is 36.4 Å². The average Bonchev–Trinajstić information content (AvgIpc) is 3.36. The number of carbonyl (C=O) groups is 1. The summed E-state index contributed by atoms with van der Waals surface area (Å²) in [7, 11) is -3.62. The normalized spacial score (nSPS) is 11.0. The van der Waals surface area contributed by atoms with Gasteiger partial charge in [0.15, 0.2) is 0 Å². The van der Waals surface area contributed by atoms with Gasteiger partial charge in [0.05, 0.1) is 0 Å². The molecule has 8 heteroatoms. The molecule has 4 aromatic rings. The highest BCUT2D eigenvalue weighted by atomic mass is 32.2. The van der Waals surface area contributed by atoms with Crippen molar-refractivity contribution >= 4 is 38.6 Å². The van der Waals surface area contributed by atoms with Gasteiger partial charge in [0.25, 0.3) is 15.9 Å². The van der Waals surface area contributed by atoms with Crippen molar-refractivity contribution in [2.75, 3.05) is 10.0 Å². The van der Waals surface area contributed by atoms with Crippen molar-refractivity contribution in [2.45, 2.75) is 10.8 Å². The number of hydrogen-bond donors (Lipinski definition) is 2. The van der Waals surface area contributed by atoms with Crippen LogP contribution in [0.1, 0.15) is 15.9 Å². The molecule has 0 saturated heterocycles. The predicted octanol–water partition coefficient (Wildman–Crippen LogP) is 5.38. The smallest absolute Gasteiger partial charge is 0.271 e. The van der Waals surface area contributed by atoms with Gasteiger partial charge in [0, 0.05) is 16.9 Å². The van der Waals surface area contributed by atoms with E-state index in [4.69, 9.17) is 4.74 Å². The second-order valence-corrected chi connectivity index (χ2v) is 9.72. The van der Waals surface area contributed by atoms with E-state index in [0.717, 1.165) is 16.9 Å². The minimum atomic E-state index is -3.62. The Balaban J connectivity index is 1.33. The van der Waals surface area contributed by atoms with Gasteiger partial charge in [-0.15, -0.1) is 11.3 Å². The van der Waals surface area contributed by atoms with Crippen LogP contribution in [-0.2, 0) is 16.6 Å². The van der Waals surface area contributed by atoms with Crippen molar-refractivity contribution in [1.29, 1.82) is 0 Å². The highest BCUT2D eigenvalue weighted by Crippen LogP contribution is 2.21. The van der Waals surface area contributed by atoms with Crippen molar-refractivity contribution in [1.82, 2.24) is 0 Å². The molecule has 0 fully saturated rings. The van der Waals surface area contributed by atoms with Crippen molar-refractivity contribution in [3.05, 3.63) is 108 Å². The molecule has 0 saturated carbocycles. The van der Waals surface area contributed by atoms with Gasteiger partial charge in [-0.3, -0.25) is 9.52 Å². The lowest BCUT2D eigenvalue weighted by atomic mass is 10.2. The zero-order chi connectivity index (χ0) is 22.4. The molecule has 0 bridgehead atoms. The Morgan fingerprint density at radius 3 is 2.16 bits per heavy atom. The second kappa shape index (κ2) is 9.67. The lowest BCUT2D eigenvalue weighted by molar-refractivity contribution is 0.102. The Bertz CT molecular complexity index is 1270. The summed E-state index contributed by atoms with van der Waals surface area (Å²) in [6.07, 6.45) is 0. The standard InChI is InChI=1S/C24H20N2O4S2/c27-24(19-8-10-21(11-9-19)26-32(28,29)23-7-4-16-31-23)25-20-12-14-22(15-13-20)30-17-18-5-2-1-3-6-18/h1-16,26H,17H2,(H,25,27). The zero-order valence-electron chi connectivity index (χ0n) is 16.9. The molecule has 4 rings (SSSR count). The molecule has 32 heavy (non-hydrogen) atoms. The first kappa shape index (κ1) is 21.6. The molecule has 162 valence electrons. The van der Waals surface area contributed by atoms with E-state index < -0.39 is 10.0 Å². The van der Waals surface area contributed by atoms with Crippen LogP contribution < -0.4 is 14.8 Å². The van der Waals surface area contributed by atoms with Crippen molar-refractivity contribution in [3.63, 3.8) is 0 Å². The number of rotatable bonds is 8. The fourth-order valence-electron chi connectivity index (χ4n) is 2.89. The third kappa shape index (κ3) is 5.54. The van der Waals surface area contributed by atoms with E-state index in [1.807, 2.05) is 30.3 Å². The first-order chi connectivity index (χ1) is 15.5. The van der Waals surface area contributed by atoms with Crippen LogP contribution in [0.25, 0.3) is 0 Å². The number of anilines is 2. The Morgan fingerprint density at radius 2 is 1.50 bits per heavy atom. The van der Waals surface area contributed by atoms with Gasteiger partial charge < -0.3 is 10.1 Å². The molecule has 0 spiro atoms. The summed E-state index contributed by atoms with van der Waals surface area (Å²) in [5, 5.41) is 4.52. The van der Waals surface area contributed by atoms with E-state index in [1.54, 1.807) is 60.0 Å². The summed E-state index contributed by atoms with van der Waals surface area (Å²) >= 11 is 1.14. The lowest BCUT2D eigenvalue weighted by Crippen LogP contribution is -2.13. The van der Waals surface area contributed by atoms with E-state index in [-0.39, 0.29) is 10.1 Å². The lowest BCUT2D eigenvalue weighted by Gasteiger charge is -2.10. The molecule has 0 unspecified atom stereocenters. The van der Waals surface area contributed by atoms with E-state index in [1.165, 1.54) is 6.07 Å². The molecular formula is C24H20N2O4S2. The zero-order valence-corrected chi connectivity index (χ0v) is 18.5. The Morgan fingerprint density at radius 1 is 0.812 bits per heavy atom. The maximum absolute atomic E-state index is 12.5. The number of ether oxygens (including phenoxy) is 1. The number of benzene rings is 3. The molecule has 2 N–H and O–H groups in total. The van der Waals surface area contributed by atoms with Crippen LogP contribution in [0, 0.1) is 0 Å². The monoisotopic (exact) mass is 464 g/mol. The Kier molecular flexibility index (Phi) is 6.53. The average molecular weight is 465 g/mol. The summed E-state index contributed by atoms with van der Waals surface area (Å²) in [4.78, 5) is 12.5. The van der Waals surface area contributed by atoms with Crippen LogP contribution in [0.4, 0.5) is 11.4 Å². The second-order valence-electron chi connectivity index (χ2n) is 6.87. The minimum absolute atomic E-state index is 0.232. The molecule has 0 aliphatic carbocycles. The predicted molar refractivity (Wildman–Crippen MR) is 127 cm³/mol. The van der Waals surface area contributed by atoms with Gasteiger partial charge in [0.2, 0.25) is 0 Å². The van der Waals surface area contributed by atoms with Crippen LogP contribution >= 0.6 is 11.3 Å². The summed E-state index contributed by atoms with van der Waals surface area (Å²) in [5.41, 5.74) is 2.50. The molecule has 1 amide bonds. The highest BCUT2D eigenvalue weighted by Gasteiger charge is 2.15. The van der Waals surface area contributed by atoms with Gasteiger partial charge >= 0.3 is 0 Å². The summed E-state index contributed by atoms with van der Waals surface area (Å²) in [6, 6.07) is 26.4. The van der Waals surface area contributed by atoms with Gasteiger partial charge in [-0.05, 0) is 65.5 Å².